The van der Waals surface area contributed by atoms with E-state index in [1.165, 1.54) is 18.2 Å². The summed E-state index contributed by atoms with van der Waals surface area (Å²) in [5.41, 5.74) is 2.57. The van der Waals surface area contributed by atoms with Crippen LogP contribution in [0.5, 0.6) is 11.5 Å². The molecule has 3 aromatic carbocycles. The van der Waals surface area contributed by atoms with Gasteiger partial charge in [0.2, 0.25) is 5.91 Å². The van der Waals surface area contributed by atoms with E-state index in [4.69, 9.17) is 9.47 Å². The average molecular weight is 404 g/mol. The number of benzene rings is 3. The molecule has 0 fully saturated rings. The third-order valence-corrected chi connectivity index (χ3v) is 4.42. The Morgan fingerprint density at radius 2 is 1.73 bits per heavy atom. The average Bonchev–Trinajstić information content (AvgIpc) is 2.78. The Bertz CT molecular complexity index is 1090. The third kappa shape index (κ3) is 4.82. The lowest BCUT2D eigenvalue weighted by molar-refractivity contribution is -0.385. The Labute approximate surface area is 173 Å². The number of nitrogens with one attached hydrogen (secondary N) is 1. The van der Waals surface area contributed by atoms with E-state index in [1.54, 1.807) is 50.6 Å². The van der Waals surface area contributed by atoms with Crippen molar-refractivity contribution in [3.8, 4) is 22.6 Å². The van der Waals surface area contributed by atoms with Crippen LogP contribution >= 0.6 is 0 Å². The van der Waals surface area contributed by atoms with E-state index in [-0.39, 0.29) is 5.69 Å². The minimum Gasteiger partial charge on any atom is -0.497 e. The zero-order valence-electron chi connectivity index (χ0n) is 16.5. The Kier molecular flexibility index (Phi) is 6.44. The molecule has 0 aliphatic rings. The van der Waals surface area contributed by atoms with Gasteiger partial charge in [0.25, 0.3) is 5.69 Å². The number of hydrogen-bond acceptors (Lipinski definition) is 5. The van der Waals surface area contributed by atoms with Gasteiger partial charge in [-0.1, -0.05) is 24.3 Å². The molecular formula is C23H20N2O5. The van der Waals surface area contributed by atoms with Crippen LogP contribution in [-0.4, -0.2) is 25.1 Å². The highest BCUT2D eigenvalue weighted by Gasteiger charge is 2.11. The molecule has 0 aromatic heterocycles. The molecule has 7 nitrogen and oxygen atoms in total. The highest BCUT2D eigenvalue weighted by atomic mass is 16.6. The van der Waals surface area contributed by atoms with E-state index in [1.807, 2.05) is 24.3 Å². The molecule has 1 amide bonds. The summed E-state index contributed by atoms with van der Waals surface area (Å²) in [6, 6.07) is 19.0. The van der Waals surface area contributed by atoms with E-state index in [9.17, 15) is 14.9 Å². The number of nitro groups is 1. The van der Waals surface area contributed by atoms with Crippen LogP contribution in [0.15, 0.2) is 72.8 Å². The predicted molar refractivity (Wildman–Crippen MR) is 116 cm³/mol. The molecule has 0 radical (unpaired) electrons. The quantitative estimate of drug-likeness (QED) is 0.342. The van der Waals surface area contributed by atoms with Crippen molar-refractivity contribution in [1.29, 1.82) is 0 Å². The van der Waals surface area contributed by atoms with Gasteiger partial charge in [-0.2, -0.15) is 0 Å². The smallest absolute Gasteiger partial charge is 0.276 e. The van der Waals surface area contributed by atoms with Crippen molar-refractivity contribution in [2.45, 2.75) is 0 Å². The molecule has 0 saturated carbocycles. The van der Waals surface area contributed by atoms with E-state index in [0.717, 1.165) is 16.9 Å². The summed E-state index contributed by atoms with van der Waals surface area (Å²) < 4.78 is 10.6. The van der Waals surface area contributed by atoms with Gasteiger partial charge in [0.15, 0.2) is 0 Å². The minimum atomic E-state index is -0.484. The van der Waals surface area contributed by atoms with Crippen molar-refractivity contribution in [2.24, 2.45) is 0 Å². The van der Waals surface area contributed by atoms with Crippen molar-refractivity contribution < 1.29 is 19.2 Å². The summed E-state index contributed by atoms with van der Waals surface area (Å²) in [7, 11) is 3.18. The molecule has 0 bridgehead atoms. The molecule has 3 rings (SSSR count). The zero-order valence-corrected chi connectivity index (χ0v) is 16.5. The minimum absolute atomic E-state index is 0.0622. The van der Waals surface area contributed by atoms with Crippen LogP contribution in [0, 0.1) is 10.1 Å². The van der Waals surface area contributed by atoms with Gasteiger partial charge in [-0.05, 0) is 48.0 Å². The first-order valence-electron chi connectivity index (χ1n) is 9.07. The molecule has 0 spiro atoms. The largest absolute Gasteiger partial charge is 0.497 e. The number of hydrogen-bond donors (Lipinski definition) is 1. The second-order valence-electron chi connectivity index (χ2n) is 6.28. The highest BCUT2D eigenvalue weighted by molar-refractivity contribution is 6.02. The predicted octanol–water partition coefficient (Wildman–Crippen LogP) is 4.93. The number of methoxy groups -OCH3 is 2. The summed E-state index contributed by atoms with van der Waals surface area (Å²) in [4.78, 5) is 22.9. The standard InChI is InChI=1S/C23H20N2O5/c1-29-19-11-7-16(8-12-19)20-15-18(10-13-22(20)30-2)24-23(26)14-9-17-5-3-4-6-21(17)25(27)28/h3-15H,1-2H3,(H,24,26)/b14-9+. The van der Waals surface area contributed by atoms with Gasteiger partial charge >= 0.3 is 0 Å². The third-order valence-electron chi connectivity index (χ3n) is 4.42. The fourth-order valence-corrected chi connectivity index (χ4v) is 2.93. The summed E-state index contributed by atoms with van der Waals surface area (Å²) in [6.07, 6.45) is 2.68. The summed E-state index contributed by atoms with van der Waals surface area (Å²) in [5, 5.41) is 13.9. The Hall–Kier alpha value is -4.13. The lowest BCUT2D eigenvalue weighted by atomic mass is 10.0. The molecule has 1 N–H and O–H groups in total. The maximum atomic E-state index is 12.3. The molecule has 152 valence electrons. The van der Waals surface area contributed by atoms with Crippen LogP contribution in [0.25, 0.3) is 17.2 Å². The summed E-state index contributed by atoms with van der Waals surface area (Å²) in [5.74, 6) is 0.995. The van der Waals surface area contributed by atoms with Crippen molar-refractivity contribution in [3.05, 3.63) is 88.5 Å². The van der Waals surface area contributed by atoms with Gasteiger partial charge in [-0.15, -0.1) is 0 Å². The maximum Gasteiger partial charge on any atom is 0.276 e. The van der Waals surface area contributed by atoms with Gasteiger partial charge in [-0.3, -0.25) is 14.9 Å². The van der Waals surface area contributed by atoms with E-state index >= 15 is 0 Å². The number of para-hydroxylation sites is 1. The van der Waals surface area contributed by atoms with Gasteiger partial charge in [0.05, 0.1) is 24.7 Å². The molecule has 30 heavy (non-hydrogen) atoms. The number of nitro benzene ring substituents is 1. The monoisotopic (exact) mass is 404 g/mol. The van der Waals surface area contributed by atoms with Gasteiger partial charge < -0.3 is 14.8 Å². The van der Waals surface area contributed by atoms with Gasteiger partial charge in [0.1, 0.15) is 11.5 Å². The Morgan fingerprint density at radius 1 is 1.00 bits per heavy atom. The Morgan fingerprint density at radius 3 is 2.40 bits per heavy atom. The molecule has 7 heteroatoms. The highest BCUT2D eigenvalue weighted by Crippen LogP contribution is 2.33. The normalized spacial score (nSPS) is 10.6. The van der Waals surface area contributed by atoms with E-state index in [2.05, 4.69) is 5.32 Å². The lowest BCUT2D eigenvalue weighted by Gasteiger charge is -2.12. The van der Waals surface area contributed by atoms with E-state index in [0.29, 0.717) is 17.0 Å². The number of anilines is 1. The fraction of sp³-hybridized carbons (Fsp3) is 0.0870. The van der Waals surface area contributed by atoms with E-state index < -0.39 is 10.8 Å². The van der Waals surface area contributed by atoms with Gasteiger partial charge in [-0.25, -0.2) is 0 Å². The van der Waals surface area contributed by atoms with Crippen LogP contribution in [0.2, 0.25) is 0 Å². The first-order chi connectivity index (χ1) is 14.5. The molecule has 0 saturated heterocycles. The SMILES string of the molecule is COc1ccc(-c2cc(NC(=O)/C=C/c3ccccc3[N+](=O)[O-])ccc2OC)cc1. The molecule has 0 heterocycles. The number of ether oxygens (including phenoxy) is 2. The maximum absolute atomic E-state index is 12.3. The van der Waals surface area contributed by atoms with Crippen LogP contribution in [0.1, 0.15) is 5.56 Å². The molecular weight excluding hydrogens is 384 g/mol. The molecule has 0 aliphatic carbocycles. The van der Waals surface area contributed by atoms with Crippen molar-refractivity contribution in [2.75, 3.05) is 19.5 Å². The number of rotatable bonds is 7. The number of carbonyl (C=O) groups is 1. The first kappa shape index (κ1) is 20.6. The van der Waals surface area contributed by atoms with Crippen LogP contribution in [-0.2, 0) is 4.79 Å². The Balaban J connectivity index is 1.81. The second-order valence-corrected chi connectivity index (χ2v) is 6.28. The van der Waals surface area contributed by atoms with Crippen LogP contribution in [0.3, 0.4) is 0 Å². The van der Waals surface area contributed by atoms with Crippen molar-refractivity contribution in [3.63, 3.8) is 0 Å². The summed E-state index contributed by atoms with van der Waals surface area (Å²) >= 11 is 0. The molecule has 3 aromatic rings. The second kappa shape index (κ2) is 9.38. The molecule has 0 aliphatic heterocycles. The fourth-order valence-electron chi connectivity index (χ4n) is 2.93. The topological polar surface area (TPSA) is 90.7 Å². The zero-order chi connectivity index (χ0) is 21.5. The van der Waals surface area contributed by atoms with Crippen molar-refractivity contribution >= 4 is 23.4 Å². The molecule has 0 atom stereocenters. The van der Waals surface area contributed by atoms with Crippen LogP contribution in [0.4, 0.5) is 11.4 Å². The number of nitrogens with zero attached hydrogens (tertiary/aromatic N) is 1. The molecule has 0 unspecified atom stereocenters. The number of carbonyl (C=O) groups excluding carboxylic acids is 1. The summed E-state index contributed by atoms with van der Waals surface area (Å²) in [6.45, 7) is 0. The van der Waals surface area contributed by atoms with Gasteiger partial charge in [0, 0.05) is 23.4 Å². The van der Waals surface area contributed by atoms with Crippen LogP contribution < -0.4 is 14.8 Å². The first-order valence-corrected chi connectivity index (χ1v) is 9.07. The van der Waals surface area contributed by atoms with Crippen molar-refractivity contribution in [1.82, 2.24) is 0 Å². The number of amides is 1. The lowest BCUT2D eigenvalue weighted by Crippen LogP contribution is -2.08.